The van der Waals surface area contributed by atoms with Crippen LogP contribution in [0.5, 0.6) is 5.75 Å². The van der Waals surface area contributed by atoms with Gasteiger partial charge >= 0.3 is 0 Å². The van der Waals surface area contributed by atoms with Crippen molar-refractivity contribution in [3.05, 3.63) is 42.5 Å². The Kier molecular flexibility index (Phi) is 5.15. The second-order valence-corrected chi connectivity index (χ2v) is 9.45. The van der Waals surface area contributed by atoms with E-state index in [4.69, 9.17) is 14.2 Å². The highest BCUT2D eigenvalue weighted by Crippen LogP contribution is 2.51. The summed E-state index contributed by atoms with van der Waals surface area (Å²) in [5.41, 5.74) is 1.36. The Morgan fingerprint density at radius 3 is 2.60 bits per heavy atom. The van der Waals surface area contributed by atoms with Crippen molar-refractivity contribution in [3.8, 4) is 5.75 Å². The largest absolute Gasteiger partial charge is 0.468 e. The molecule has 1 atom stereocenters. The van der Waals surface area contributed by atoms with E-state index in [1.165, 1.54) is 5.56 Å². The number of benzene rings is 1. The third kappa shape index (κ3) is 3.86. The van der Waals surface area contributed by atoms with Gasteiger partial charge in [-0.3, -0.25) is 0 Å². The van der Waals surface area contributed by atoms with E-state index >= 15 is 0 Å². The van der Waals surface area contributed by atoms with Crippen LogP contribution in [0.1, 0.15) is 52.0 Å². The second kappa shape index (κ2) is 6.90. The molecule has 4 heteroatoms. The molecule has 1 unspecified atom stereocenters. The fourth-order valence-electron chi connectivity index (χ4n) is 3.69. The molecular weight excluding hydrogens is 328 g/mol. The van der Waals surface area contributed by atoms with Crippen molar-refractivity contribution < 1.29 is 14.2 Å². The van der Waals surface area contributed by atoms with Gasteiger partial charge in [0.15, 0.2) is 6.79 Å². The average Bonchev–Trinajstić information content (AvgIpc) is 2.63. The SMILES string of the molecule is C=CC12CCC(c3cccc(OCOC(C)C(C)(C)[Si])c3)(CC1)CO2. The van der Waals surface area contributed by atoms with Gasteiger partial charge in [-0.25, -0.2) is 0 Å². The van der Waals surface area contributed by atoms with Crippen molar-refractivity contribution in [1.29, 1.82) is 0 Å². The number of rotatable bonds is 7. The van der Waals surface area contributed by atoms with Gasteiger partial charge < -0.3 is 14.2 Å². The minimum atomic E-state index is -0.0812. The molecule has 2 aliphatic heterocycles. The highest BCUT2D eigenvalue weighted by Gasteiger charge is 2.49. The van der Waals surface area contributed by atoms with Crippen molar-refractivity contribution in [1.82, 2.24) is 0 Å². The van der Waals surface area contributed by atoms with Crippen LogP contribution in [0.4, 0.5) is 0 Å². The molecule has 4 rings (SSSR count). The fourth-order valence-corrected chi connectivity index (χ4v) is 3.77. The third-order valence-electron chi connectivity index (χ3n) is 6.07. The molecule has 2 bridgehead atoms. The summed E-state index contributed by atoms with van der Waals surface area (Å²) in [5.74, 6) is 0.858. The number of hydrogen-bond acceptors (Lipinski definition) is 3. The zero-order chi connectivity index (χ0) is 18.1. The lowest BCUT2D eigenvalue weighted by atomic mass is 9.63. The monoisotopic (exact) mass is 357 g/mol. The predicted molar refractivity (Wildman–Crippen MR) is 101 cm³/mol. The molecule has 3 aliphatic rings. The molecule has 1 aromatic rings. The predicted octanol–water partition coefficient (Wildman–Crippen LogP) is 4.56. The van der Waals surface area contributed by atoms with E-state index in [0.717, 1.165) is 38.0 Å². The number of hydrogen-bond donors (Lipinski definition) is 0. The summed E-state index contributed by atoms with van der Waals surface area (Å²) in [4.78, 5) is 0. The Hall–Kier alpha value is -1.10. The van der Waals surface area contributed by atoms with Crippen LogP contribution < -0.4 is 4.74 Å². The molecule has 0 N–H and O–H groups in total. The van der Waals surface area contributed by atoms with E-state index in [2.05, 4.69) is 48.9 Å². The van der Waals surface area contributed by atoms with Crippen LogP contribution >= 0.6 is 0 Å². The first-order valence-corrected chi connectivity index (χ1v) is 9.66. The van der Waals surface area contributed by atoms with Crippen molar-refractivity contribution >= 4 is 10.2 Å². The Morgan fingerprint density at radius 1 is 1.32 bits per heavy atom. The summed E-state index contributed by atoms with van der Waals surface area (Å²) in [6.45, 7) is 11.2. The van der Waals surface area contributed by atoms with E-state index in [1.54, 1.807) is 0 Å². The molecular formula is C21H29O3Si. The van der Waals surface area contributed by atoms with Gasteiger partial charge in [-0.15, -0.1) is 6.58 Å². The lowest BCUT2D eigenvalue weighted by molar-refractivity contribution is -0.128. The maximum Gasteiger partial charge on any atom is 0.189 e. The molecule has 0 aromatic heterocycles. The van der Waals surface area contributed by atoms with Gasteiger partial charge in [0.1, 0.15) is 5.75 Å². The van der Waals surface area contributed by atoms with Crippen LogP contribution in [-0.2, 0) is 14.9 Å². The van der Waals surface area contributed by atoms with Gasteiger partial charge in [0.25, 0.3) is 0 Å². The van der Waals surface area contributed by atoms with Crippen LogP contribution in [-0.4, -0.2) is 35.3 Å². The maximum absolute atomic E-state index is 6.17. The first-order chi connectivity index (χ1) is 11.8. The molecule has 2 heterocycles. The topological polar surface area (TPSA) is 27.7 Å². The lowest BCUT2D eigenvalue weighted by Gasteiger charge is -2.52. The molecule has 2 saturated heterocycles. The lowest BCUT2D eigenvalue weighted by Crippen LogP contribution is -2.52. The average molecular weight is 358 g/mol. The van der Waals surface area contributed by atoms with Crippen LogP contribution in [0, 0.1) is 0 Å². The minimum Gasteiger partial charge on any atom is -0.468 e. The van der Waals surface area contributed by atoms with Gasteiger partial charge in [0, 0.05) is 15.7 Å². The molecule has 0 spiro atoms. The second-order valence-electron chi connectivity index (χ2n) is 8.16. The van der Waals surface area contributed by atoms with E-state index < -0.39 is 0 Å². The van der Waals surface area contributed by atoms with Crippen molar-refractivity contribution in [2.24, 2.45) is 0 Å². The molecule has 1 aliphatic carbocycles. The molecule has 3 fully saturated rings. The Labute approximate surface area is 155 Å². The molecule has 1 aromatic carbocycles. The van der Waals surface area contributed by atoms with Crippen molar-refractivity contribution in [3.63, 3.8) is 0 Å². The molecule has 0 amide bonds. The van der Waals surface area contributed by atoms with Gasteiger partial charge in [0.05, 0.1) is 18.3 Å². The minimum absolute atomic E-state index is 0.0584. The number of fused-ring (bicyclic) bond motifs is 3. The van der Waals surface area contributed by atoms with E-state index in [9.17, 15) is 0 Å². The quantitative estimate of drug-likeness (QED) is 0.407. The Bertz CT molecular complexity index is 595. The zero-order valence-electron chi connectivity index (χ0n) is 15.6. The maximum atomic E-state index is 6.17. The summed E-state index contributed by atoms with van der Waals surface area (Å²) >= 11 is 0. The summed E-state index contributed by atoms with van der Waals surface area (Å²) in [6, 6.07) is 8.42. The molecule has 3 radical (unpaired) electrons. The summed E-state index contributed by atoms with van der Waals surface area (Å²) in [6.07, 6.45) is 6.47. The molecule has 3 nitrogen and oxygen atoms in total. The van der Waals surface area contributed by atoms with E-state index in [-0.39, 0.29) is 29.0 Å². The van der Waals surface area contributed by atoms with E-state index in [1.807, 2.05) is 19.1 Å². The van der Waals surface area contributed by atoms with Crippen molar-refractivity contribution in [2.45, 2.75) is 68.6 Å². The van der Waals surface area contributed by atoms with Crippen molar-refractivity contribution in [2.75, 3.05) is 13.4 Å². The third-order valence-corrected chi connectivity index (χ3v) is 6.47. The Balaban J connectivity index is 1.64. The molecule has 25 heavy (non-hydrogen) atoms. The highest BCUT2D eigenvalue weighted by molar-refractivity contribution is 6.15. The van der Waals surface area contributed by atoms with Gasteiger partial charge in [-0.05, 0) is 55.3 Å². The first kappa shape index (κ1) is 18.7. The first-order valence-electron chi connectivity index (χ1n) is 9.16. The Morgan fingerprint density at radius 2 is 2.04 bits per heavy atom. The zero-order valence-corrected chi connectivity index (χ0v) is 16.6. The van der Waals surface area contributed by atoms with E-state index in [0.29, 0.717) is 0 Å². The van der Waals surface area contributed by atoms with Crippen LogP contribution in [0.25, 0.3) is 0 Å². The smallest absolute Gasteiger partial charge is 0.189 e. The van der Waals surface area contributed by atoms with Crippen LogP contribution in [0.2, 0.25) is 5.04 Å². The highest BCUT2D eigenvalue weighted by atomic mass is 28.1. The van der Waals surface area contributed by atoms with Gasteiger partial charge in [-0.2, -0.15) is 0 Å². The summed E-state index contributed by atoms with van der Waals surface area (Å²) in [7, 11) is 3.68. The number of ether oxygens (including phenoxy) is 3. The van der Waals surface area contributed by atoms with Crippen LogP contribution in [0.15, 0.2) is 36.9 Å². The summed E-state index contributed by atoms with van der Waals surface area (Å²) < 4.78 is 17.8. The van der Waals surface area contributed by atoms with Gasteiger partial charge in [0.2, 0.25) is 0 Å². The fraction of sp³-hybridized carbons (Fsp3) is 0.619. The summed E-state index contributed by atoms with van der Waals surface area (Å²) in [5, 5.41) is -0.0800. The standard InChI is InChI=1S/C21H29O3Si/c1-5-21-11-9-20(10-12-21,14-24-21)17-7-6-8-18(13-17)23-15-22-16(2)19(3,4)25/h5-8,13,16H,1,9-12,14-15H2,2-4H3. The molecule has 135 valence electrons. The normalized spacial score (nSPS) is 30.1. The van der Waals surface area contributed by atoms with Crippen LogP contribution in [0.3, 0.4) is 0 Å². The van der Waals surface area contributed by atoms with Gasteiger partial charge in [-0.1, -0.05) is 32.1 Å². The molecule has 1 saturated carbocycles.